The number of carbonyl (C=O) groups excluding carboxylic acids is 1. The highest BCUT2D eigenvalue weighted by Gasteiger charge is 2.25. The van der Waals surface area contributed by atoms with E-state index in [0.717, 1.165) is 17.8 Å². The number of aromatic nitrogens is 2. The molecule has 1 amide bonds. The van der Waals surface area contributed by atoms with Crippen LogP contribution >= 0.6 is 11.8 Å². The quantitative estimate of drug-likeness (QED) is 0.237. The molecule has 4 aromatic rings. The largest absolute Gasteiger partial charge is 0.495 e. The van der Waals surface area contributed by atoms with Crippen molar-refractivity contribution in [3.63, 3.8) is 0 Å². The van der Waals surface area contributed by atoms with Crippen molar-refractivity contribution in [3.05, 3.63) is 82.4 Å². The molecule has 8 nitrogen and oxygen atoms in total. The maximum Gasteiger partial charge on any atom is 0.271 e. The van der Waals surface area contributed by atoms with E-state index in [4.69, 9.17) is 4.74 Å². The van der Waals surface area contributed by atoms with E-state index in [1.54, 1.807) is 13.2 Å². The van der Waals surface area contributed by atoms with Crippen molar-refractivity contribution < 1.29 is 14.5 Å². The zero-order chi connectivity index (χ0) is 22.9. The number of hydrogen-bond acceptors (Lipinski definition) is 6. The molecule has 1 aliphatic heterocycles. The number of nitro benzene ring substituents is 1. The molecule has 0 fully saturated rings. The second-order valence-electron chi connectivity index (χ2n) is 7.54. The van der Waals surface area contributed by atoms with E-state index in [1.807, 2.05) is 58.0 Å². The highest BCUT2D eigenvalue weighted by molar-refractivity contribution is 7.99. The van der Waals surface area contributed by atoms with Gasteiger partial charge in [-0.15, -0.1) is 0 Å². The van der Waals surface area contributed by atoms with Crippen molar-refractivity contribution in [2.45, 2.75) is 11.6 Å². The van der Waals surface area contributed by atoms with E-state index in [0.29, 0.717) is 28.5 Å². The molecule has 9 heteroatoms. The Morgan fingerprint density at radius 3 is 2.67 bits per heavy atom. The predicted molar refractivity (Wildman–Crippen MR) is 127 cm³/mol. The van der Waals surface area contributed by atoms with Crippen LogP contribution in [0.5, 0.6) is 5.75 Å². The lowest BCUT2D eigenvalue weighted by molar-refractivity contribution is -0.384. The summed E-state index contributed by atoms with van der Waals surface area (Å²) in [6.45, 7) is 0.661. The number of anilines is 1. The number of fused-ring (bicyclic) bond motifs is 2. The molecule has 33 heavy (non-hydrogen) atoms. The third-order valence-electron chi connectivity index (χ3n) is 5.66. The molecule has 3 aromatic carbocycles. The highest BCUT2D eigenvalue weighted by Crippen LogP contribution is 2.35. The van der Waals surface area contributed by atoms with Crippen LogP contribution in [0.2, 0.25) is 0 Å². The average molecular weight is 461 g/mol. The summed E-state index contributed by atoms with van der Waals surface area (Å²) >= 11 is 1.31. The summed E-state index contributed by atoms with van der Waals surface area (Å²) in [5, 5.41) is 11.8. The van der Waals surface area contributed by atoms with E-state index in [1.165, 1.54) is 29.5 Å². The van der Waals surface area contributed by atoms with Crippen molar-refractivity contribution >= 4 is 40.1 Å². The molecule has 0 saturated heterocycles. The van der Waals surface area contributed by atoms with Gasteiger partial charge in [0.1, 0.15) is 5.75 Å². The SMILES string of the molecule is COc1ccccc1-n1c(SCC(=O)N2CCc3ccccc32)nc2cc([N+](=O)[O-])ccc21. The number of nitro groups is 1. The Morgan fingerprint density at radius 1 is 1.12 bits per heavy atom. The van der Waals surface area contributed by atoms with Crippen LogP contribution in [0.4, 0.5) is 11.4 Å². The van der Waals surface area contributed by atoms with Crippen LogP contribution in [-0.4, -0.2) is 39.8 Å². The van der Waals surface area contributed by atoms with Crippen LogP contribution in [0.3, 0.4) is 0 Å². The molecular weight excluding hydrogens is 440 g/mol. The lowest BCUT2D eigenvalue weighted by Gasteiger charge is -2.17. The first kappa shape index (κ1) is 21.0. The fourth-order valence-corrected chi connectivity index (χ4v) is 5.00. The van der Waals surface area contributed by atoms with Crippen LogP contribution in [0, 0.1) is 10.1 Å². The molecule has 0 N–H and O–H groups in total. The van der Waals surface area contributed by atoms with Gasteiger partial charge in [0.05, 0.1) is 34.5 Å². The Morgan fingerprint density at radius 2 is 1.88 bits per heavy atom. The number of imidazole rings is 1. The summed E-state index contributed by atoms with van der Waals surface area (Å²) in [5.41, 5.74) is 4.02. The molecule has 5 rings (SSSR count). The summed E-state index contributed by atoms with van der Waals surface area (Å²) in [6.07, 6.45) is 0.843. The van der Waals surface area contributed by atoms with Crippen LogP contribution in [0.1, 0.15) is 5.56 Å². The third kappa shape index (κ3) is 3.80. The minimum atomic E-state index is -0.442. The first-order valence-corrected chi connectivity index (χ1v) is 11.4. The zero-order valence-electron chi connectivity index (χ0n) is 17.8. The molecule has 0 aliphatic carbocycles. The molecule has 0 atom stereocenters. The Balaban J connectivity index is 1.52. The van der Waals surface area contributed by atoms with Gasteiger partial charge in [0.2, 0.25) is 5.91 Å². The van der Waals surface area contributed by atoms with Crippen LogP contribution in [-0.2, 0) is 11.2 Å². The van der Waals surface area contributed by atoms with Crippen LogP contribution in [0.25, 0.3) is 16.7 Å². The molecule has 2 heterocycles. The number of para-hydroxylation sites is 3. The summed E-state index contributed by atoms with van der Waals surface area (Å²) in [4.78, 5) is 30.3. The normalized spacial score (nSPS) is 12.7. The van der Waals surface area contributed by atoms with Gasteiger partial charge >= 0.3 is 0 Å². The number of ether oxygens (including phenoxy) is 1. The van der Waals surface area contributed by atoms with E-state index in [9.17, 15) is 14.9 Å². The fourth-order valence-electron chi connectivity index (χ4n) is 4.11. The average Bonchev–Trinajstić information content (AvgIpc) is 3.43. The number of non-ortho nitro benzene ring substituents is 1. The molecular formula is C24H20N4O4S. The van der Waals surface area contributed by atoms with Gasteiger partial charge in [0.15, 0.2) is 5.16 Å². The van der Waals surface area contributed by atoms with Gasteiger partial charge < -0.3 is 9.64 Å². The Kier molecular flexibility index (Phi) is 5.47. The van der Waals surface area contributed by atoms with E-state index >= 15 is 0 Å². The zero-order valence-corrected chi connectivity index (χ0v) is 18.6. The minimum Gasteiger partial charge on any atom is -0.495 e. The first-order valence-electron chi connectivity index (χ1n) is 10.4. The number of amides is 1. The standard InChI is InChI=1S/C24H20N4O4S/c1-32-22-9-5-4-8-21(22)27-20-11-10-17(28(30)31)14-18(20)25-24(27)33-15-23(29)26-13-12-16-6-2-3-7-19(16)26/h2-11,14H,12-13,15H2,1H3. The number of hydrogen-bond donors (Lipinski definition) is 0. The molecule has 0 unspecified atom stereocenters. The monoisotopic (exact) mass is 460 g/mol. The second-order valence-corrected chi connectivity index (χ2v) is 8.49. The van der Waals surface area contributed by atoms with Gasteiger partial charge in [0.25, 0.3) is 5.69 Å². The first-order chi connectivity index (χ1) is 16.1. The van der Waals surface area contributed by atoms with Crippen molar-refractivity contribution in [1.29, 1.82) is 0 Å². The maximum absolute atomic E-state index is 13.1. The van der Waals surface area contributed by atoms with Gasteiger partial charge in [-0.25, -0.2) is 4.98 Å². The summed E-state index contributed by atoms with van der Waals surface area (Å²) in [7, 11) is 1.59. The summed E-state index contributed by atoms with van der Waals surface area (Å²) in [5.74, 6) is 0.820. The van der Waals surface area contributed by atoms with E-state index < -0.39 is 4.92 Å². The maximum atomic E-state index is 13.1. The minimum absolute atomic E-state index is 0.00503. The number of nitrogens with zero attached hydrogens (tertiary/aromatic N) is 4. The highest BCUT2D eigenvalue weighted by atomic mass is 32.2. The van der Waals surface area contributed by atoms with Gasteiger partial charge in [-0.3, -0.25) is 19.5 Å². The summed E-state index contributed by atoms with van der Waals surface area (Å²) < 4.78 is 7.42. The Hall–Kier alpha value is -3.85. The van der Waals surface area contributed by atoms with Gasteiger partial charge in [-0.2, -0.15) is 0 Å². The number of methoxy groups -OCH3 is 1. The van der Waals surface area contributed by atoms with Gasteiger partial charge in [-0.05, 0) is 36.2 Å². The number of carbonyl (C=O) groups is 1. The summed E-state index contributed by atoms with van der Waals surface area (Å²) in [6, 6.07) is 20.0. The second kappa shape index (κ2) is 8.59. The molecule has 0 saturated carbocycles. The molecule has 1 aliphatic rings. The lowest BCUT2D eigenvalue weighted by Crippen LogP contribution is -2.30. The fraction of sp³-hybridized carbons (Fsp3) is 0.167. The van der Waals surface area contributed by atoms with Crippen molar-refractivity contribution in [2.75, 3.05) is 24.3 Å². The number of rotatable bonds is 6. The smallest absolute Gasteiger partial charge is 0.271 e. The van der Waals surface area contributed by atoms with Crippen molar-refractivity contribution in [3.8, 4) is 11.4 Å². The van der Waals surface area contributed by atoms with Gasteiger partial charge in [0, 0.05) is 24.4 Å². The topological polar surface area (TPSA) is 90.5 Å². The molecule has 1 aromatic heterocycles. The van der Waals surface area contributed by atoms with Crippen molar-refractivity contribution in [2.24, 2.45) is 0 Å². The molecule has 0 bridgehead atoms. The Labute approximate surface area is 193 Å². The third-order valence-corrected chi connectivity index (χ3v) is 6.58. The van der Waals surface area contributed by atoms with Crippen molar-refractivity contribution in [1.82, 2.24) is 9.55 Å². The molecule has 0 radical (unpaired) electrons. The molecule has 166 valence electrons. The van der Waals surface area contributed by atoms with Gasteiger partial charge in [-0.1, -0.05) is 42.1 Å². The lowest BCUT2D eigenvalue weighted by atomic mass is 10.2. The van der Waals surface area contributed by atoms with E-state index in [-0.39, 0.29) is 17.3 Å². The number of benzene rings is 3. The van der Waals surface area contributed by atoms with Crippen LogP contribution < -0.4 is 9.64 Å². The Bertz CT molecular complexity index is 1380. The number of thioether (sulfide) groups is 1. The van der Waals surface area contributed by atoms with E-state index in [2.05, 4.69) is 4.98 Å². The predicted octanol–water partition coefficient (Wildman–Crippen LogP) is 4.62. The van der Waals surface area contributed by atoms with Crippen LogP contribution in [0.15, 0.2) is 71.9 Å². The molecule has 0 spiro atoms.